The molecule has 2 radical (unpaired) electrons. The van der Waals surface area contributed by atoms with Crippen LogP contribution in [0.25, 0.3) is 0 Å². The van der Waals surface area contributed by atoms with Crippen LogP contribution in [0.15, 0.2) is 0 Å². The Balaban J connectivity index is 3.96. The van der Waals surface area contributed by atoms with Crippen molar-refractivity contribution < 1.29 is 9.45 Å². The minimum Gasteiger partial charge on any atom is -0.543 e. The molecule has 0 aromatic carbocycles. The van der Waals surface area contributed by atoms with Crippen LogP contribution in [-0.4, -0.2) is 26.1 Å². The lowest BCUT2D eigenvalue weighted by Gasteiger charge is -2.22. The predicted octanol–water partition coefficient (Wildman–Crippen LogP) is 2.20. The van der Waals surface area contributed by atoms with Gasteiger partial charge in [0.2, 0.25) is 0 Å². The Kier molecular flexibility index (Phi) is 7.47. The maximum absolute atomic E-state index is 11.4. The standard InChI is InChI=1S/C12H24BNO2/c1-5-6-7-10(11(15)16-13)8-9-14-12(2,3)4/h10,14H,5-9H2,1-4H3. The zero-order valence-corrected chi connectivity index (χ0v) is 11.0. The van der Waals surface area contributed by atoms with Gasteiger partial charge in [0, 0.05) is 5.54 Å². The van der Waals surface area contributed by atoms with Crippen molar-refractivity contribution in [1.29, 1.82) is 0 Å². The molecule has 0 spiro atoms. The first-order valence-electron chi connectivity index (χ1n) is 6.06. The van der Waals surface area contributed by atoms with Crippen LogP contribution in [0.1, 0.15) is 53.4 Å². The van der Waals surface area contributed by atoms with Crippen molar-refractivity contribution in [3.8, 4) is 0 Å². The molecule has 0 fully saturated rings. The van der Waals surface area contributed by atoms with E-state index >= 15 is 0 Å². The third-order valence-electron chi connectivity index (χ3n) is 2.50. The van der Waals surface area contributed by atoms with Gasteiger partial charge in [0.15, 0.2) is 0 Å². The lowest BCUT2D eigenvalue weighted by atomic mass is 9.97. The fourth-order valence-electron chi connectivity index (χ4n) is 1.55. The van der Waals surface area contributed by atoms with Gasteiger partial charge in [-0.1, -0.05) is 19.8 Å². The molecule has 0 rings (SSSR count). The smallest absolute Gasteiger partial charge is 0.378 e. The van der Waals surface area contributed by atoms with Crippen LogP contribution in [0.2, 0.25) is 0 Å². The van der Waals surface area contributed by atoms with Gasteiger partial charge < -0.3 is 9.97 Å². The molecule has 1 N–H and O–H groups in total. The molecule has 0 saturated heterocycles. The highest BCUT2D eigenvalue weighted by molar-refractivity contribution is 6.05. The molecule has 0 heterocycles. The molecule has 0 saturated carbocycles. The molecule has 16 heavy (non-hydrogen) atoms. The number of unbranched alkanes of at least 4 members (excludes halogenated alkanes) is 1. The quantitative estimate of drug-likeness (QED) is 0.675. The van der Waals surface area contributed by atoms with E-state index in [1.807, 2.05) is 0 Å². The second-order valence-corrected chi connectivity index (χ2v) is 5.24. The highest BCUT2D eigenvalue weighted by atomic mass is 16.5. The lowest BCUT2D eigenvalue weighted by molar-refractivity contribution is -0.139. The van der Waals surface area contributed by atoms with Crippen LogP contribution in [0.4, 0.5) is 0 Å². The van der Waals surface area contributed by atoms with E-state index in [-0.39, 0.29) is 17.4 Å². The Morgan fingerprint density at radius 3 is 2.44 bits per heavy atom. The summed E-state index contributed by atoms with van der Waals surface area (Å²) < 4.78 is 4.33. The van der Waals surface area contributed by atoms with Gasteiger partial charge in [-0.3, -0.25) is 4.79 Å². The molecular weight excluding hydrogens is 201 g/mol. The molecule has 4 heteroatoms. The van der Waals surface area contributed by atoms with Crippen molar-refractivity contribution in [3.05, 3.63) is 0 Å². The summed E-state index contributed by atoms with van der Waals surface area (Å²) in [5.41, 5.74) is 0.0852. The molecule has 0 aromatic heterocycles. The molecule has 0 bridgehead atoms. The largest absolute Gasteiger partial charge is 0.543 e. The van der Waals surface area contributed by atoms with Crippen molar-refractivity contribution in [2.75, 3.05) is 6.54 Å². The Labute approximate surface area is 101 Å². The third kappa shape index (κ3) is 7.74. The van der Waals surface area contributed by atoms with E-state index < -0.39 is 0 Å². The summed E-state index contributed by atoms with van der Waals surface area (Å²) in [4.78, 5) is 11.4. The third-order valence-corrected chi connectivity index (χ3v) is 2.50. The van der Waals surface area contributed by atoms with Crippen molar-refractivity contribution in [2.24, 2.45) is 5.92 Å². The van der Waals surface area contributed by atoms with Gasteiger partial charge in [0.25, 0.3) is 5.97 Å². The molecule has 0 aliphatic carbocycles. The SMILES string of the molecule is [B]OC(=O)C(CCCC)CCNC(C)(C)C. The number of nitrogens with one attached hydrogen (secondary N) is 1. The Bertz CT molecular complexity index is 202. The summed E-state index contributed by atoms with van der Waals surface area (Å²) in [5, 5.41) is 3.36. The lowest BCUT2D eigenvalue weighted by Crippen LogP contribution is -2.37. The zero-order valence-electron chi connectivity index (χ0n) is 11.0. The zero-order chi connectivity index (χ0) is 12.6. The number of carbonyl (C=O) groups is 1. The maximum atomic E-state index is 11.4. The monoisotopic (exact) mass is 225 g/mol. The van der Waals surface area contributed by atoms with E-state index in [4.69, 9.17) is 8.05 Å². The van der Waals surface area contributed by atoms with Crippen LogP contribution in [-0.2, 0) is 9.45 Å². The van der Waals surface area contributed by atoms with Crippen molar-refractivity contribution >= 4 is 14.0 Å². The van der Waals surface area contributed by atoms with Gasteiger partial charge in [-0.15, -0.1) is 0 Å². The van der Waals surface area contributed by atoms with Gasteiger partial charge in [0.05, 0.1) is 5.92 Å². The average molecular weight is 225 g/mol. The Morgan fingerprint density at radius 2 is 2.00 bits per heavy atom. The molecule has 0 aliphatic rings. The first-order valence-corrected chi connectivity index (χ1v) is 6.06. The fraction of sp³-hybridized carbons (Fsp3) is 0.917. The molecule has 3 nitrogen and oxygen atoms in total. The van der Waals surface area contributed by atoms with Crippen LogP contribution >= 0.6 is 0 Å². The van der Waals surface area contributed by atoms with E-state index in [1.165, 1.54) is 0 Å². The van der Waals surface area contributed by atoms with E-state index in [0.717, 1.165) is 32.2 Å². The maximum Gasteiger partial charge on any atom is 0.378 e. The first kappa shape index (κ1) is 15.5. The van der Waals surface area contributed by atoms with Gasteiger partial charge in [-0.05, 0) is 40.2 Å². The van der Waals surface area contributed by atoms with Crippen LogP contribution < -0.4 is 5.32 Å². The molecule has 0 aliphatic heterocycles. The highest BCUT2D eigenvalue weighted by Gasteiger charge is 2.18. The minimum atomic E-state index is -0.288. The van der Waals surface area contributed by atoms with Crippen molar-refractivity contribution in [2.45, 2.75) is 58.9 Å². The summed E-state index contributed by atoms with van der Waals surface area (Å²) >= 11 is 0. The predicted molar refractivity (Wildman–Crippen MR) is 67.2 cm³/mol. The molecular formula is C12H24BNO2. The molecule has 1 unspecified atom stereocenters. The number of hydrogen-bond donors (Lipinski definition) is 1. The van der Waals surface area contributed by atoms with Crippen LogP contribution in [0, 0.1) is 5.92 Å². The number of carbonyl (C=O) groups excluding carboxylic acids is 1. The van der Waals surface area contributed by atoms with E-state index in [9.17, 15) is 4.79 Å². The topological polar surface area (TPSA) is 38.3 Å². The Hall–Kier alpha value is -0.505. The van der Waals surface area contributed by atoms with Gasteiger partial charge in [0.1, 0.15) is 0 Å². The summed E-state index contributed by atoms with van der Waals surface area (Å²) in [6, 6.07) is 0. The van der Waals surface area contributed by atoms with E-state index in [0.29, 0.717) is 0 Å². The first-order chi connectivity index (χ1) is 7.40. The van der Waals surface area contributed by atoms with Gasteiger partial charge in [-0.2, -0.15) is 0 Å². The fourth-order valence-corrected chi connectivity index (χ4v) is 1.55. The molecule has 1 atom stereocenters. The molecule has 92 valence electrons. The number of rotatable bonds is 7. The minimum absolute atomic E-state index is 0.0696. The highest BCUT2D eigenvalue weighted by Crippen LogP contribution is 2.14. The van der Waals surface area contributed by atoms with Gasteiger partial charge >= 0.3 is 8.05 Å². The second kappa shape index (κ2) is 7.72. The van der Waals surface area contributed by atoms with Crippen molar-refractivity contribution in [3.63, 3.8) is 0 Å². The summed E-state index contributed by atoms with van der Waals surface area (Å²) in [7, 11) is 4.93. The van der Waals surface area contributed by atoms with Crippen LogP contribution in [0.5, 0.6) is 0 Å². The summed E-state index contributed by atoms with van der Waals surface area (Å²) in [6.07, 6.45) is 3.77. The molecule has 0 amide bonds. The number of hydrogen-bond acceptors (Lipinski definition) is 3. The second-order valence-electron chi connectivity index (χ2n) is 5.24. The molecule has 0 aromatic rings. The van der Waals surface area contributed by atoms with E-state index in [1.54, 1.807) is 0 Å². The van der Waals surface area contributed by atoms with E-state index in [2.05, 4.69) is 37.7 Å². The van der Waals surface area contributed by atoms with Crippen LogP contribution in [0.3, 0.4) is 0 Å². The van der Waals surface area contributed by atoms with Crippen molar-refractivity contribution in [1.82, 2.24) is 5.32 Å². The Morgan fingerprint density at radius 1 is 1.38 bits per heavy atom. The van der Waals surface area contributed by atoms with Gasteiger partial charge in [-0.25, -0.2) is 0 Å². The average Bonchev–Trinajstić information content (AvgIpc) is 2.20. The summed E-state index contributed by atoms with van der Waals surface area (Å²) in [5.74, 6) is -0.357. The summed E-state index contributed by atoms with van der Waals surface area (Å²) in [6.45, 7) is 9.24. The normalized spacial score (nSPS) is 13.5.